The van der Waals surface area contributed by atoms with Crippen molar-refractivity contribution in [2.24, 2.45) is 0 Å². The van der Waals surface area contributed by atoms with E-state index in [2.05, 4.69) is 30.4 Å². The molecule has 0 atom stereocenters. The maximum Gasteiger partial charge on any atom is 0.0417 e. The predicted octanol–water partition coefficient (Wildman–Crippen LogP) is 3.79. The molecule has 1 aromatic carbocycles. The maximum absolute atomic E-state index is 3.62. The Kier molecular flexibility index (Phi) is 2.05. The molecule has 1 nitrogen and oxygen atoms in total. The fraction of sp³-hybridized carbons (Fsp3) is 0.429. The van der Waals surface area contributed by atoms with Crippen molar-refractivity contribution in [3.63, 3.8) is 0 Å². The highest BCUT2D eigenvalue weighted by molar-refractivity contribution is 5.60. The molecule has 0 spiro atoms. The van der Waals surface area contributed by atoms with Crippen LogP contribution in [0, 0.1) is 6.92 Å². The van der Waals surface area contributed by atoms with Gasteiger partial charge in [0.05, 0.1) is 0 Å². The number of hydrogen-bond acceptors (Lipinski definition) is 1. The molecular formula is C14H17N. The molecule has 0 bridgehead atoms. The summed E-state index contributed by atoms with van der Waals surface area (Å²) in [6.45, 7) is 2.16. The van der Waals surface area contributed by atoms with Crippen LogP contribution in [0.1, 0.15) is 36.8 Å². The van der Waals surface area contributed by atoms with Crippen LogP contribution in [-0.2, 0) is 6.42 Å². The SMILES string of the molecule is Cc1ccc2c(c1)NC(=C1CCC1)CC2. The molecule has 0 saturated heterocycles. The lowest BCUT2D eigenvalue weighted by Gasteiger charge is -2.28. The van der Waals surface area contributed by atoms with E-state index in [-0.39, 0.29) is 0 Å². The van der Waals surface area contributed by atoms with Crippen molar-refractivity contribution in [3.8, 4) is 0 Å². The summed E-state index contributed by atoms with van der Waals surface area (Å²) in [4.78, 5) is 0. The Morgan fingerprint density at radius 3 is 2.67 bits per heavy atom. The highest BCUT2D eigenvalue weighted by Crippen LogP contribution is 2.35. The van der Waals surface area contributed by atoms with E-state index in [1.54, 1.807) is 5.57 Å². The van der Waals surface area contributed by atoms with Gasteiger partial charge in [0.15, 0.2) is 0 Å². The summed E-state index contributed by atoms with van der Waals surface area (Å²) < 4.78 is 0. The zero-order valence-corrected chi connectivity index (χ0v) is 9.27. The highest BCUT2D eigenvalue weighted by atomic mass is 14.9. The second-order valence-electron chi connectivity index (χ2n) is 4.72. The van der Waals surface area contributed by atoms with Crippen molar-refractivity contribution in [3.05, 3.63) is 40.6 Å². The minimum atomic E-state index is 1.21. The van der Waals surface area contributed by atoms with Crippen molar-refractivity contribution >= 4 is 5.69 Å². The monoisotopic (exact) mass is 199 g/mol. The average Bonchev–Trinajstić information content (AvgIpc) is 2.14. The second-order valence-corrected chi connectivity index (χ2v) is 4.72. The van der Waals surface area contributed by atoms with Crippen LogP contribution in [0.25, 0.3) is 0 Å². The number of aryl methyl sites for hydroxylation is 2. The molecule has 0 radical (unpaired) electrons. The highest BCUT2D eigenvalue weighted by Gasteiger charge is 2.19. The smallest absolute Gasteiger partial charge is 0.0417 e. The molecule has 15 heavy (non-hydrogen) atoms. The Morgan fingerprint density at radius 2 is 1.93 bits per heavy atom. The van der Waals surface area contributed by atoms with Gasteiger partial charge in [-0.2, -0.15) is 0 Å². The van der Waals surface area contributed by atoms with E-state index in [0.717, 1.165) is 0 Å². The van der Waals surface area contributed by atoms with Crippen molar-refractivity contribution in [1.82, 2.24) is 0 Å². The fourth-order valence-corrected chi connectivity index (χ4v) is 2.43. The van der Waals surface area contributed by atoms with Crippen molar-refractivity contribution < 1.29 is 0 Å². The molecule has 1 saturated carbocycles. The molecule has 2 aliphatic rings. The molecule has 0 aromatic heterocycles. The van der Waals surface area contributed by atoms with E-state index < -0.39 is 0 Å². The van der Waals surface area contributed by atoms with Crippen molar-refractivity contribution in [2.45, 2.75) is 39.0 Å². The molecule has 78 valence electrons. The minimum absolute atomic E-state index is 1.21. The van der Waals surface area contributed by atoms with E-state index in [9.17, 15) is 0 Å². The minimum Gasteiger partial charge on any atom is -0.359 e. The zero-order valence-electron chi connectivity index (χ0n) is 9.27. The van der Waals surface area contributed by atoms with Gasteiger partial charge in [0.25, 0.3) is 0 Å². The Labute approximate surface area is 91.2 Å². The number of anilines is 1. The number of nitrogens with one attached hydrogen (secondary N) is 1. The fourth-order valence-electron chi connectivity index (χ4n) is 2.43. The first-order valence-electron chi connectivity index (χ1n) is 5.90. The van der Waals surface area contributed by atoms with Gasteiger partial charge in [-0.15, -0.1) is 0 Å². The summed E-state index contributed by atoms with van der Waals surface area (Å²) in [5, 5.41) is 3.62. The van der Waals surface area contributed by atoms with Gasteiger partial charge in [-0.25, -0.2) is 0 Å². The lowest BCUT2D eigenvalue weighted by atomic mass is 9.87. The van der Waals surface area contributed by atoms with Gasteiger partial charge in [-0.1, -0.05) is 17.7 Å². The number of fused-ring (bicyclic) bond motifs is 1. The van der Waals surface area contributed by atoms with Crippen LogP contribution in [0.5, 0.6) is 0 Å². The topological polar surface area (TPSA) is 12.0 Å². The summed E-state index contributed by atoms with van der Waals surface area (Å²) >= 11 is 0. The molecule has 0 amide bonds. The molecule has 1 N–H and O–H groups in total. The number of benzene rings is 1. The van der Waals surface area contributed by atoms with Gasteiger partial charge < -0.3 is 5.32 Å². The Balaban J connectivity index is 1.94. The summed E-state index contributed by atoms with van der Waals surface area (Å²) in [6.07, 6.45) is 6.46. The van der Waals surface area contributed by atoms with Gasteiger partial charge in [-0.05, 0) is 56.2 Å². The van der Waals surface area contributed by atoms with Gasteiger partial charge >= 0.3 is 0 Å². The lowest BCUT2D eigenvalue weighted by molar-refractivity contribution is 0.640. The largest absolute Gasteiger partial charge is 0.359 e. The standard InChI is InChI=1S/C14H17N/c1-10-5-6-12-7-8-13(11-3-2-4-11)15-14(12)9-10/h5-6,9,15H,2-4,7-8H2,1H3. The molecule has 1 aromatic rings. The first-order chi connectivity index (χ1) is 7.33. The summed E-state index contributed by atoms with van der Waals surface area (Å²) in [5.74, 6) is 0. The maximum atomic E-state index is 3.62. The second kappa shape index (κ2) is 3.41. The van der Waals surface area contributed by atoms with E-state index in [0.29, 0.717) is 0 Å². The van der Waals surface area contributed by atoms with Crippen molar-refractivity contribution in [1.29, 1.82) is 0 Å². The van der Waals surface area contributed by atoms with Gasteiger partial charge in [-0.3, -0.25) is 0 Å². The lowest BCUT2D eigenvalue weighted by Crippen LogP contribution is -2.15. The first kappa shape index (κ1) is 9.02. The van der Waals surface area contributed by atoms with Gasteiger partial charge in [0.2, 0.25) is 0 Å². The number of hydrogen-bond donors (Lipinski definition) is 1. The molecule has 1 aliphatic heterocycles. The average molecular weight is 199 g/mol. The van der Waals surface area contributed by atoms with Crippen LogP contribution in [0.3, 0.4) is 0 Å². The van der Waals surface area contributed by atoms with Crippen LogP contribution in [0.15, 0.2) is 29.5 Å². The molecular weight excluding hydrogens is 182 g/mol. The number of rotatable bonds is 0. The Hall–Kier alpha value is -1.24. The van der Waals surface area contributed by atoms with E-state index >= 15 is 0 Å². The van der Waals surface area contributed by atoms with Crippen molar-refractivity contribution in [2.75, 3.05) is 5.32 Å². The van der Waals surface area contributed by atoms with Crippen LogP contribution < -0.4 is 5.32 Å². The Morgan fingerprint density at radius 1 is 1.07 bits per heavy atom. The van der Waals surface area contributed by atoms with Gasteiger partial charge in [0, 0.05) is 11.4 Å². The summed E-state index contributed by atoms with van der Waals surface area (Å²) in [7, 11) is 0. The predicted molar refractivity (Wildman–Crippen MR) is 64.0 cm³/mol. The summed E-state index contributed by atoms with van der Waals surface area (Å²) in [6, 6.07) is 6.75. The van der Waals surface area contributed by atoms with Crippen LogP contribution in [-0.4, -0.2) is 0 Å². The third-order valence-electron chi connectivity index (χ3n) is 3.58. The van der Waals surface area contributed by atoms with E-state index in [1.807, 2.05) is 0 Å². The summed E-state index contributed by atoms with van der Waals surface area (Å²) in [5.41, 5.74) is 7.35. The normalized spacial score (nSPS) is 19.3. The van der Waals surface area contributed by atoms with Gasteiger partial charge in [0.1, 0.15) is 0 Å². The van der Waals surface area contributed by atoms with E-state index in [1.165, 1.54) is 54.6 Å². The molecule has 3 rings (SSSR count). The molecule has 1 heterocycles. The van der Waals surface area contributed by atoms with Crippen LogP contribution >= 0.6 is 0 Å². The third kappa shape index (κ3) is 1.56. The molecule has 1 aliphatic carbocycles. The quantitative estimate of drug-likeness (QED) is 0.670. The molecule has 1 heteroatoms. The first-order valence-corrected chi connectivity index (χ1v) is 5.90. The molecule has 0 unspecified atom stereocenters. The van der Waals surface area contributed by atoms with Crippen LogP contribution in [0.4, 0.5) is 5.69 Å². The number of allylic oxidation sites excluding steroid dienone is 2. The van der Waals surface area contributed by atoms with Crippen LogP contribution in [0.2, 0.25) is 0 Å². The zero-order chi connectivity index (χ0) is 10.3. The Bertz CT molecular complexity index is 423. The molecule has 1 fully saturated rings. The third-order valence-corrected chi connectivity index (χ3v) is 3.58. The van der Waals surface area contributed by atoms with E-state index in [4.69, 9.17) is 0 Å².